The Kier molecular flexibility index (Phi) is 3.25. The fourth-order valence-corrected chi connectivity index (χ4v) is 1.82. The lowest BCUT2D eigenvalue weighted by Crippen LogP contribution is -2.05. The van der Waals surface area contributed by atoms with Crippen molar-refractivity contribution in [1.29, 1.82) is 0 Å². The van der Waals surface area contributed by atoms with Crippen molar-refractivity contribution in [1.82, 2.24) is 9.78 Å². The summed E-state index contributed by atoms with van der Waals surface area (Å²) in [5.74, 6) is 0.755. The second-order valence-corrected chi connectivity index (χ2v) is 4.02. The van der Waals surface area contributed by atoms with Gasteiger partial charge in [-0.25, -0.2) is 4.68 Å². The molecule has 0 saturated carbocycles. The molecule has 84 valence electrons. The molecule has 0 aliphatic rings. The van der Waals surface area contributed by atoms with Crippen LogP contribution in [0.15, 0.2) is 36.4 Å². The summed E-state index contributed by atoms with van der Waals surface area (Å²) in [6.45, 7) is 2.85. The molecule has 0 aliphatic heterocycles. The molecule has 2 N–H and O–H groups in total. The minimum Gasteiger partial charge on any atom is -0.384 e. The second kappa shape index (κ2) is 4.84. The van der Waals surface area contributed by atoms with Crippen molar-refractivity contribution in [2.75, 3.05) is 5.73 Å². The van der Waals surface area contributed by atoms with Crippen molar-refractivity contribution in [2.45, 2.75) is 26.3 Å². The number of anilines is 1. The van der Waals surface area contributed by atoms with E-state index in [0.29, 0.717) is 0 Å². The van der Waals surface area contributed by atoms with E-state index in [1.54, 1.807) is 0 Å². The predicted molar refractivity (Wildman–Crippen MR) is 66.1 cm³/mol. The van der Waals surface area contributed by atoms with E-state index < -0.39 is 0 Å². The Morgan fingerprint density at radius 1 is 1.25 bits per heavy atom. The Balaban J connectivity index is 1.87. The summed E-state index contributed by atoms with van der Waals surface area (Å²) >= 11 is 0. The molecule has 0 atom stereocenters. The van der Waals surface area contributed by atoms with Crippen molar-refractivity contribution in [3.63, 3.8) is 0 Å². The van der Waals surface area contributed by atoms with Gasteiger partial charge in [0.05, 0.1) is 5.69 Å². The van der Waals surface area contributed by atoms with Gasteiger partial charge in [0.2, 0.25) is 0 Å². The highest BCUT2D eigenvalue weighted by Crippen LogP contribution is 2.08. The highest BCUT2D eigenvalue weighted by atomic mass is 15.3. The van der Waals surface area contributed by atoms with E-state index in [0.717, 1.165) is 30.9 Å². The summed E-state index contributed by atoms with van der Waals surface area (Å²) in [5.41, 5.74) is 8.17. The number of nitrogen functional groups attached to an aromatic ring is 1. The van der Waals surface area contributed by atoms with Gasteiger partial charge in [-0.1, -0.05) is 30.3 Å². The Morgan fingerprint density at radius 2 is 2.00 bits per heavy atom. The molecule has 1 aromatic carbocycles. The topological polar surface area (TPSA) is 43.8 Å². The molecule has 3 heteroatoms. The Bertz CT molecular complexity index is 445. The van der Waals surface area contributed by atoms with E-state index in [-0.39, 0.29) is 0 Å². The fraction of sp³-hybridized carbons (Fsp3) is 0.308. The maximum Gasteiger partial charge on any atom is 0.121 e. The van der Waals surface area contributed by atoms with Gasteiger partial charge < -0.3 is 5.73 Å². The number of aromatic nitrogens is 2. The quantitative estimate of drug-likeness (QED) is 0.851. The first kappa shape index (κ1) is 10.7. The van der Waals surface area contributed by atoms with Crippen LogP contribution in [0.4, 0.5) is 5.82 Å². The van der Waals surface area contributed by atoms with Gasteiger partial charge in [-0.2, -0.15) is 5.10 Å². The van der Waals surface area contributed by atoms with Crippen LogP contribution >= 0.6 is 0 Å². The van der Waals surface area contributed by atoms with Gasteiger partial charge in [-0.05, 0) is 25.3 Å². The van der Waals surface area contributed by atoms with Gasteiger partial charge in [-0.15, -0.1) is 0 Å². The molecular formula is C13H17N3. The average molecular weight is 215 g/mol. The molecule has 0 radical (unpaired) electrons. The average Bonchev–Trinajstić information content (AvgIpc) is 2.59. The van der Waals surface area contributed by atoms with Crippen molar-refractivity contribution in [3.05, 3.63) is 47.7 Å². The number of benzene rings is 1. The maximum absolute atomic E-state index is 5.82. The van der Waals surface area contributed by atoms with Crippen LogP contribution in [-0.2, 0) is 13.0 Å². The summed E-state index contributed by atoms with van der Waals surface area (Å²) in [6.07, 6.45) is 2.13. The normalized spacial score (nSPS) is 10.6. The molecule has 0 fully saturated rings. The van der Waals surface area contributed by atoms with E-state index in [4.69, 9.17) is 5.73 Å². The number of aryl methyl sites for hydroxylation is 3. The third kappa shape index (κ3) is 2.63. The number of hydrogen-bond acceptors (Lipinski definition) is 2. The Hall–Kier alpha value is -1.77. The standard InChI is InChI=1S/C13H17N3/c1-11-10-13(14)16(15-11)9-5-8-12-6-3-2-4-7-12/h2-4,6-7,10H,5,8-9,14H2,1H3. The van der Waals surface area contributed by atoms with Gasteiger partial charge >= 0.3 is 0 Å². The van der Waals surface area contributed by atoms with Crippen molar-refractivity contribution >= 4 is 5.82 Å². The molecule has 0 spiro atoms. The molecule has 1 aromatic heterocycles. The summed E-state index contributed by atoms with van der Waals surface area (Å²) < 4.78 is 1.87. The SMILES string of the molecule is Cc1cc(N)n(CCCc2ccccc2)n1. The van der Waals surface area contributed by atoms with Gasteiger partial charge in [0, 0.05) is 12.6 Å². The third-order valence-corrected chi connectivity index (χ3v) is 2.61. The minimum absolute atomic E-state index is 0.755. The van der Waals surface area contributed by atoms with E-state index >= 15 is 0 Å². The van der Waals surface area contributed by atoms with Crippen LogP contribution in [0.2, 0.25) is 0 Å². The van der Waals surface area contributed by atoms with Crippen molar-refractivity contribution in [2.24, 2.45) is 0 Å². The molecule has 0 unspecified atom stereocenters. The van der Waals surface area contributed by atoms with Gasteiger partial charge in [0.1, 0.15) is 5.82 Å². The lowest BCUT2D eigenvalue weighted by atomic mass is 10.1. The fourth-order valence-electron chi connectivity index (χ4n) is 1.82. The van der Waals surface area contributed by atoms with Crippen LogP contribution < -0.4 is 5.73 Å². The van der Waals surface area contributed by atoms with E-state index in [1.165, 1.54) is 5.56 Å². The first-order valence-corrected chi connectivity index (χ1v) is 5.59. The van der Waals surface area contributed by atoms with E-state index in [2.05, 4.69) is 29.4 Å². The van der Waals surface area contributed by atoms with Gasteiger partial charge in [0.25, 0.3) is 0 Å². The van der Waals surface area contributed by atoms with Gasteiger partial charge in [-0.3, -0.25) is 0 Å². The first-order chi connectivity index (χ1) is 7.75. The van der Waals surface area contributed by atoms with Crippen LogP contribution in [0.25, 0.3) is 0 Å². The number of hydrogen-bond donors (Lipinski definition) is 1. The molecule has 0 amide bonds. The maximum atomic E-state index is 5.82. The van der Waals surface area contributed by atoms with Crippen molar-refractivity contribution in [3.8, 4) is 0 Å². The first-order valence-electron chi connectivity index (χ1n) is 5.59. The number of nitrogens with zero attached hydrogens (tertiary/aromatic N) is 2. The zero-order valence-electron chi connectivity index (χ0n) is 9.56. The van der Waals surface area contributed by atoms with E-state index in [9.17, 15) is 0 Å². The Morgan fingerprint density at radius 3 is 2.62 bits per heavy atom. The monoisotopic (exact) mass is 215 g/mol. The Labute approximate surface area is 95.9 Å². The van der Waals surface area contributed by atoms with Crippen LogP contribution in [0.1, 0.15) is 17.7 Å². The molecule has 0 aliphatic carbocycles. The summed E-state index contributed by atoms with van der Waals surface area (Å²) in [4.78, 5) is 0. The van der Waals surface area contributed by atoms with Gasteiger partial charge in [0.15, 0.2) is 0 Å². The smallest absolute Gasteiger partial charge is 0.121 e. The summed E-state index contributed by atoms with van der Waals surface area (Å²) in [7, 11) is 0. The minimum atomic E-state index is 0.755. The zero-order chi connectivity index (χ0) is 11.4. The van der Waals surface area contributed by atoms with Crippen LogP contribution in [0.3, 0.4) is 0 Å². The summed E-state index contributed by atoms with van der Waals surface area (Å²) in [6, 6.07) is 12.4. The molecule has 0 saturated heterocycles. The lowest BCUT2D eigenvalue weighted by molar-refractivity contribution is 0.582. The molecule has 0 bridgehead atoms. The van der Waals surface area contributed by atoms with Crippen LogP contribution in [-0.4, -0.2) is 9.78 Å². The zero-order valence-corrected chi connectivity index (χ0v) is 9.56. The van der Waals surface area contributed by atoms with Crippen LogP contribution in [0, 0.1) is 6.92 Å². The van der Waals surface area contributed by atoms with Crippen molar-refractivity contribution < 1.29 is 0 Å². The number of rotatable bonds is 4. The third-order valence-electron chi connectivity index (χ3n) is 2.61. The largest absolute Gasteiger partial charge is 0.384 e. The predicted octanol–water partition coefficient (Wildman–Crippen LogP) is 2.41. The lowest BCUT2D eigenvalue weighted by Gasteiger charge is -2.04. The second-order valence-electron chi connectivity index (χ2n) is 4.02. The van der Waals surface area contributed by atoms with Crippen LogP contribution in [0.5, 0.6) is 0 Å². The molecule has 2 rings (SSSR count). The molecule has 3 nitrogen and oxygen atoms in total. The number of nitrogens with two attached hydrogens (primary N) is 1. The highest BCUT2D eigenvalue weighted by Gasteiger charge is 2.00. The summed E-state index contributed by atoms with van der Waals surface area (Å²) in [5, 5.41) is 4.33. The molecule has 1 heterocycles. The highest BCUT2D eigenvalue weighted by molar-refractivity contribution is 5.30. The van der Waals surface area contributed by atoms with E-state index in [1.807, 2.05) is 23.7 Å². The molecule has 16 heavy (non-hydrogen) atoms. The molecule has 2 aromatic rings. The molecular weight excluding hydrogens is 198 g/mol.